The fourth-order valence-electron chi connectivity index (χ4n) is 2.76. The maximum Gasteiger partial charge on any atom is 0.594 e. The number of hydrogen-bond donors (Lipinski definition) is 0. The van der Waals surface area contributed by atoms with Gasteiger partial charge in [0.25, 0.3) is 0 Å². The summed E-state index contributed by atoms with van der Waals surface area (Å²) in [6.07, 6.45) is 3.43. The normalized spacial score (nSPS) is 22.3. The molecule has 1 saturated heterocycles. The van der Waals surface area contributed by atoms with Crippen LogP contribution >= 0.6 is 11.8 Å². The first kappa shape index (κ1) is 19.4. The van der Waals surface area contributed by atoms with Crippen LogP contribution < -0.4 is 0 Å². The minimum Gasteiger partial charge on any atom is -0.384 e. The molecule has 0 bridgehead atoms. The lowest BCUT2D eigenvalue weighted by Gasteiger charge is -2.32. The van der Waals surface area contributed by atoms with Gasteiger partial charge >= 0.3 is 12.8 Å². The summed E-state index contributed by atoms with van der Waals surface area (Å²) in [6.45, 7) is 7.73. The summed E-state index contributed by atoms with van der Waals surface area (Å²) in [7, 11) is -0.725. The number of halogens is 3. The number of thioether (sulfide) groups is 1. The second-order valence-corrected chi connectivity index (χ2v) is 8.46. The predicted molar refractivity (Wildman–Crippen MR) is 98.9 cm³/mol. The second-order valence-electron chi connectivity index (χ2n) is 7.30. The van der Waals surface area contributed by atoms with Gasteiger partial charge in [0.15, 0.2) is 0 Å². The first-order valence-corrected chi connectivity index (χ1v) is 9.14. The van der Waals surface area contributed by atoms with E-state index in [0.29, 0.717) is 5.57 Å². The molecule has 2 aliphatic heterocycles. The number of rotatable bonds is 3. The Hall–Kier alpha value is -1.38. The van der Waals surface area contributed by atoms with Gasteiger partial charge in [-0.1, -0.05) is 30.3 Å². The lowest BCUT2D eigenvalue weighted by molar-refractivity contribution is -0.0322. The van der Waals surface area contributed by atoms with Crippen molar-refractivity contribution in [3.8, 4) is 0 Å². The fraction of sp³-hybridized carbons (Fsp3) is 0.444. The van der Waals surface area contributed by atoms with Crippen molar-refractivity contribution in [1.29, 1.82) is 0 Å². The van der Waals surface area contributed by atoms with Gasteiger partial charge in [-0.05, 0) is 62.9 Å². The molecule has 26 heavy (non-hydrogen) atoms. The molecule has 1 aromatic carbocycles. The van der Waals surface area contributed by atoms with Gasteiger partial charge in [-0.15, -0.1) is 0 Å². The lowest BCUT2D eigenvalue weighted by Crippen LogP contribution is -2.41. The van der Waals surface area contributed by atoms with Crippen LogP contribution in [-0.2, 0) is 9.31 Å². The molecule has 2 heterocycles. The molecule has 0 aliphatic carbocycles. The highest BCUT2D eigenvalue weighted by molar-refractivity contribution is 8.04. The van der Waals surface area contributed by atoms with E-state index in [9.17, 15) is 13.2 Å². The molecule has 140 valence electrons. The molecule has 0 spiro atoms. The molecule has 3 nitrogen and oxygen atoms in total. The predicted octanol–water partition coefficient (Wildman–Crippen LogP) is 5.07. The van der Waals surface area contributed by atoms with Gasteiger partial charge in [-0.3, -0.25) is 0 Å². The topological polar surface area (TPSA) is 21.7 Å². The Labute approximate surface area is 156 Å². The first-order chi connectivity index (χ1) is 12.0. The van der Waals surface area contributed by atoms with Crippen molar-refractivity contribution in [2.75, 3.05) is 6.54 Å². The van der Waals surface area contributed by atoms with E-state index in [2.05, 4.69) is 0 Å². The highest BCUT2D eigenvalue weighted by atomic mass is 32.2. The molecule has 0 N–H and O–H groups in total. The molecule has 0 atom stereocenters. The molecular weight excluding hydrogens is 362 g/mol. The third-order valence-electron chi connectivity index (χ3n) is 4.89. The molecule has 3 rings (SSSR count). The Bertz CT molecular complexity index is 716. The summed E-state index contributed by atoms with van der Waals surface area (Å²) < 4.78 is 51.2. The van der Waals surface area contributed by atoms with Gasteiger partial charge in [0.2, 0.25) is 0 Å². The standard InChI is InChI=1S/C18H21BF3NO2S/c1-16(2)17(3,4)25-19(24-16)23-11-10-14(13-8-6-5-7-9-13)15(12-23)26-18(20,21)22/h5-11H,12H2,1-4H3. The molecule has 0 unspecified atom stereocenters. The van der Waals surface area contributed by atoms with Crippen molar-refractivity contribution in [2.45, 2.75) is 44.4 Å². The number of benzene rings is 1. The number of hydrogen-bond acceptors (Lipinski definition) is 4. The van der Waals surface area contributed by atoms with Crippen molar-refractivity contribution >= 4 is 24.6 Å². The smallest absolute Gasteiger partial charge is 0.384 e. The quantitative estimate of drug-likeness (QED) is 0.680. The van der Waals surface area contributed by atoms with Gasteiger partial charge in [0, 0.05) is 11.4 Å². The van der Waals surface area contributed by atoms with E-state index in [0.717, 1.165) is 5.56 Å². The van der Waals surface area contributed by atoms with E-state index >= 15 is 0 Å². The first-order valence-electron chi connectivity index (χ1n) is 8.32. The zero-order chi connectivity index (χ0) is 19.2. The number of allylic oxidation sites excluding steroid dienone is 2. The van der Waals surface area contributed by atoms with Gasteiger partial charge in [0.05, 0.1) is 11.2 Å². The van der Waals surface area contributed by atoms with Crippen LogP contribution in [0.25, 0.3) is 5.57 Å². The summed E-state index contributed by atoms with van der Waals surface area (Å²) in [5.74, 6) is 0. The molecule has 2 aliphatic rings. The Kier molecular flexibility index (Phi) is 4.96. The second kappa shape index (κ2) is 6.66. The van der Waals surface area contributed by atoms with Gasteiger partial charge in [-0.25, -0.2) is 0 Å². The molecule has 1 aromatic rings. The minimum absolute atomic E-state index is 0.0712. The minimum atomic E-state index is -4.36. The van der Waals surface area contributed by atoms with Crippen LogP contribution in [-0.4, -0.2) is 35.3 Å². The summed E-state index contributed by atoms with van der Waals surface area (Å²) >= 11 is -0.0814. The third kappa shape index (κ3) is 3.97. The Balaban J connectivity index is 1.88. The maximum absolute atomic E-state index is 13.1. The van der Waals surface area contributed by atoms with Crippen LogP contribution in [0, 0.1) is 0 Å². The number of alkyl halides is 3. The van der Waals surface area contributed by atoms with Crippen molar-refractivity contribution in [1.82, 2.24) is 4.81 Å². The van der Waals surface area contributed by atoms with E-state index in [1.807, 2.05) is 45.9 Å². The third-order valence-corrected chi connectivity index (χ3v) is 5.72. The van der Waals surface area contributed by atoms with Crippen LogP contribution in [0.1, 0.15) is 33.3 Å². The Morgan fingerprint density at radius 3 is 2.15 bits per heavy atom. The van der Waals surface area contributed by atoms with Crippen molar-refractivity contribution in [3.63, 3.8) is 0 Å². The van der Waals surface area contributed by atoms with Crippen LogP contribution in [0.4, 0.5) is 13.2 Å². The average molecular weight is 383 g/mol. The van der Waals surface area contributed by atoms with Gasteiger partial charge < -0.3 is 14.1 Å². The van der Waals surface area contributed by atoms with Crippen LogP contribution in [0.2, 0.25) is 0 Å². The van der Waals surface area contributed by atoms with E-state index in [1.54, 1.807) is 29.2 Å². The van der Waals surface area contributed by atoms with Crippen LogP contribution in [0.5, 0.6) is 0 Å². The molecule has 1 fully saturated rings. The fourth-order valence-corrected chi connectivity index (χ4v) is 3.55. The van der Waals surface area contributed by atoms with E-state index in [1.165, 1.54) is 0 Å². The Morgan fingerprint density at radius 1 is 1.04 bits per heavy atom. The summed E-state index contributed by atoms with van der Waals surface area (Å²) in [6, 6.07) is 9.07. The summed E-state index contributed by atoms with van der Waals surface area (Å²) in [5.41, 5.74) is -4.13. The van der Waals surface area contributed by atoms with Gasteiger partial charge in [0.1, 0.15) is 0 Å². The highest BCUT2D eigenvalue weighted by Crippen LogP contribution is 2.44. The zero-order valence-corrected chi connectivity index (χ0v) is 15.9. The van der Waals surface area contributed by atoms with E-state index < -0.39 is 24.0 Å². The molecule has 0 radical (unpaired) electrons. The largest absolute Gasteiger partial charge is 0.594 e. The monoisotopic (exact) mass is 383 g/mol. The number of nitrogens with zero attached hydrogens (tertiary/aromatic N) is 1. The molecule has 0 saturated carbocycles. The summed E-state index contributed by atoms with van der Waals surface area (Å²) in [4.78, 5) is 1.89. The van der Waals surface area contributed by atoms with Gasteiger partial charge in [-0.2, -0.15) is 13.2 Å². The lowest BCUT2D eigenvalue weighted by atomic mass is 9.90. The molecule has 0 amide bonds. The van der Waals surface area contributed by atoms with E-state index in [-0.39, 0.29) is 23.2 Å². The van der Waals surface area contributed by atoms with Crippen molar-refractivity contribution in [2.24, 2.45) is 0 Å². The molecule has 0 aromatic heterocycles. The van der Waals surface area contributed by atoms with Crippen LogP contribution in [0.3, 0.4) is 0 Å². The Morgan fingerprint density at radius 2 is 1.62 bits per heavy atom. The van der Waals surface area contributed by atoms with Crippen molar-refractivity contribution < 1.29 is 22.5 Å². The average Bonchev–Trinajstić information content (AvgIpc) is 2.75. The zero-order valence-electron chi connectivity index (χ0n) is 15.1. The molecular formula is C18H21BF3NO2S. The van der Waals surface area contributed by atoms with Crippen LogP contribution in [0.15, 0.2) is 47.5 Å². The van der Waals surface area contributed by atoms with Crippen molar-refractivity contribution in [3.05, 3.63) is 53.1 Å². The SMILES string of the molecule is CC1(C)OB(N2C=CC(c3ccccc3)=C(SC(F)(F)F)C2)OC1(C)C. The molecule has 8 heteroatoms. The summed E-state index contributed by atoms with van der Waals surface area (Å²) in [5, 5.41) is 0. The van der Waals surface area contributed by atoms with E-state index in [4.69, 9.17) is 9.31 Å². The maximum atomic E-state index is 13.1. The highest BCUT2D eigenvalue weighted by Gasteiger charge is 2.54.